The highest BCUT2D eigenvalue weighted by Gasteiger charge is 2.27. The fraction of sp³-hybridized carbons (Fsp3) is 0.280. The summed E-state index contributed by atoms with van der Waals surface area (Å²) in [5.74, 6) is 0.124. The number of rotatable bonds is 10. The third-order valence-corrected chi connectivity index (χ3v) is 7.01. The van der Waals surface area contributed by atoms with Crippen LogP contribution >= 0.6 is 46.6 Å². The molecule has 7 nitrogen and oxygen atoms in total. The van der Waals surface area contributed by atoms with Gasteiger partial charge in [-0.15, -0.1) is 16.8 Å². The van der Waals surface area contributed by atoms with Crippen LogP contribution in [0, 0.1) is 12.8 Å². The molecule has 2 amide bonds. The lowest BCUT2D eigenvalue weighted by atomic mass is 10.0. The van der Waals surface area contributed by atoms with Crippen molar-refractivity contribution in [3.63, 3.8) is 0 Å². The predicted octanol–water partition coefficient (Wildman–Crippen LogP) is 6.59. The first kappa shape index (κ1) is 28.1. The minimum absolute atomic E-state index is 0.0122. The molecule has 1 aromatic heterocycles. The molecule has 0 unspecified atom stereocenters. The van der Waals surface area contributed by atoms with E-state index in [1.807, 2.05) is 25.3 Å². The van der Waals surface area contributed by atoms with E-state index in [-0.39, 0.29) is 28.5 Å². The van der Waals surface area contributed by atoms with Crippen molar-refractivity contribution in [2.75, 3.05) is 11.1 Å². The molecule has 0 aliphatic carbocycles. The largest absolute Gasteiger partial charge is 0.342 e. The molecule has 3 aromatic rings. The molecule has 0 radical (unpaired) electrons. The van der Waals surface area contributed by atoms with Gasteiger partial charge in [0, 0.05) is 22.3 Å². The third-order valence-electron chi connectivity index (χ3n) is 5.26. The zero-order valence-corrected chi connectivity index (χ0v) is 23.1. The smallest absolute Gasteiger partial charge is 0.253 e. The molecule has 190 valence electrons. The number of aryl methyl sites for hydroxylation is 1. The minimum Gasteiger partial charge on any atom is -0.342 e. The van der Waals surface area contributed by atoms with Crippen LogP contribution < -0.4 is 10.6 Å². The minimum atomic E-state index is -0.461. The van der Waals surface area contributed by atoms with Gasteiger partial charge in [-0.1, -0.05) is 66.5 Å². The van der Waals surface area contributed by atoms with Gasteiger partial charge in [-0.05, 0) is 54.8 Å². The molecule has 11 heteroatoms. The molecule has 3 rings (SSSR count). The maximum absolute atomic E-state index is 13.0. The van der Waals surface area contributed by atoms with Gasteiger partial charge >= 0.3 is 0 Å². The summed E-state index contributed by atoms with van der Waals surface area (Å²) in [6.07, 6.45) is 1.71. The number of anilines is 1. The molecule has 36 heavy (non-hydrogen) atoms. The average Bonchev–Trinajstić information content (AvgIpc) is 3.20. The second-order valence-corrected chi connectivity index (χ2v) is 10.6. The van der Waals surface area contributed by atoms with E-state index >= 15 is 0 Å². The van der Waals surface area contributed by atoms with Gasteiger partial charge < -0.3 is 15.2 Å². The van der Waals surface area contributed by atoms with Crippen LogP contribution in [-0.2, 0) is 11.3 Å². The monoisotopic (exact) mass is 565 g/mol. The second kappa shape index (κ2) is 12.6. The number of aromatic nitrogens is 3. The number of allylic oxidation sites excluding steroid dienone is 1. The summed E-state index contributed by atoms with van der Waals surface area (Å²) >= 11 is 19.4. The van der Waals surface area contributed by atoms with Crippen LogP contribution in [0.1, 0.15) is 41.6 Å². The number of carbonyl (C=O) groups is 2. The van der Waals surface area contributed by atoms with Crippen LogP contribution in [0.25, 0.3) is 0 Å². The summed E-state index contributed by atoms with van der Waals surface area (Å²) < 4.78 is 1.84. The van der Waals surface area contributed by atoms with Crippen molar-refractivity contribution in [1.82, 2.24) is 20.1 Å². The van der Waals surface area contributed by atoms with Gasteiger partial charge in [0.05, 0.1) is 22.4 Å². The topological polar surface area (TPSA) is 88.9 Å². The van der Waals surface area contributed by atoms with Crippen LogP contribution in [0.3, 0.4) is 0 Å². The van der Waals surface area contributed by atoms with Crippen molar-refractivity contribution in [3.8, 4) is 0 Å². The van der Waals surface area contributed by atoms with E-state index in [0.29, 0.717) is 38.8 Å². The Morgan fingerprint density at radius 3 is 2.44 bits per heavy atom. The Kier molecular flexibility index (Phi) is 9.84. The van der Waals surface area contributed by atoms with E-state index in [1.165, 1.54) is 17.8 Å². The van der Waals surface area contributed by atoms with Crippen molar-refractivity contribution in [3.05, 3.63) is 81.1 Å². The Morgan fingerprint density at radius 2 is 1.81 bits per heavy atom. The predicted molar refractivity (Wildman–Crippen MR) is 147 cm³/mol. The molecule has 0 saturated heterocycles. The lowest BCUT2D eigenvalue weighted by molar-refractivity contribution is -0.113. The standard InChI is InChI=1S/C25H26Cl3N5O2S/c1-5-10-33-23(22(14(2)3)30-24(35)18-8-6-17(27)12-19(18)28)31-32-25(33)36-13-21(34)29-20-9-7-16(26)11-15(20)4/h5-9,11-12,14,22H,1,10,13H2,2-4H3,(H,29,34)(H,30,35)/t22-/m0/s1. The first-order valence-electron chi connectivity index (χ1n) is 11.1. The number of carbonyl (C=O) groups excluding carboxylic acids is 2. The van der Waals surface area contributed by atoms with E-state index < -0.39 is 6.04 Å². The number of hydrogen-bond acceptors (Lipinski definition) is 5. The molecule has 0 aliphatic rings. The van der Waals surface area contributed by atoms with Gasteiger partial charge in [0.2, 0.25) is 5.91 Å². The van der Waals surface area contributed by atoms with Crippen LogP contribution in [0.15, 0.2) is 54.2 Å². The molecule has 0 aliphatic heterocycles. The highest BCUT2D eigenvalue weighted by Crippen LogP contribution is 2.28. The van der Waals surface area contributed by atoms with Crippen molar-refractivity contribution in [2.45, 2.75) is 38.5 Å². The normalized spacial score (nSPS) is 11.9. The molecular weight excluding hydrogens is 541 g/mol. The van der Waals surface area contributed by atoms with E-state index in [1.54, 1.807) is 36.4 Å². The van der Waals surface area contributed by atoms with Crippen molar-refractivity contribution < 1.29 is 9.59 Å². The fourth-order valence-corrected chi connectivity index (χ4v) is 4.92. The van der Waals surface area contributed by atoms with Gasteiger partial charge in [-0.3, -0.25) is 9.59 Å². The summed E-state index contributed by atoms with van der Waals surface area (Å²) in [5, 5.41) is 16.4. The average molecular weight is 567 g/mol. The van der Waals surface area contributed by atoms with Crippen molar-refractivity contribution >= 4 is 64.1 Å². The highest BCUT2D eigenvalue weighted by atomic mass is 35.5. The molecule has 0 saturated carbocycles. The lowest BCUT2D eigenvalue weighted by Gasteiger charge is -2.23. The molecule has 2 aromatic carbocycles. The lowest BCUT2D eigenvalue weighted by Crippen LogP contribution is -2.34. The Balaban J connectivity index is 1.77. The van der Waals surface area contributed by atoms with E-state index in [2.05, 4.69) is 27.4 Å². The molecule has 0 spiro atoms. The SMILES string of the molecule is C=CCn1c(SCC(=O)Nc2ccc(Cl)cc2C)nnc1[C@@H](NC(=O)c1ccc(Cl)cc1Cl)C(C)C. The van der Waals surface area contributed by atoms with E-state index in [9.17, 15) is 9.59 Å². The number of benzene rings is 2. The Hall–Kier alpha value is -2.52. The number of halogens is 3. The third kappa shape index (κ3) is 7.03. The quantitative estimate of drug-likeness (QED) is 0.213. The van der Waals surface area contributed by atoms with Gasteiger partial charge in [0.15, 0.2) is 11.0 Å². The molecule has 0 fully saturated rings. The van der Waals surface area contributed by atoms with E-state index in [0.717, 1.165) is 5.56 Å². The maximum Gasteiger partial charge on any atom is 0.253 e. The number of thioether (sulfide) groups is 1. The zero-order valence-electron chi connectivity index (χ0n) is 20.0. The number of hydrogen-bond donors (Lipinski definition) is 2. The van der Waals surface area contributed by atoms with Crippen molar-refractivity contribution in [1.29, 1.82) is 0 Å². The highest BCUT2D eigenvalue weighted by molar-refractivity contribution is 7.99. The van der Waals surface area contributed by atoms with Gasteiger partial charge in [-0.2, -0.15) is 0 Å². The molecular formula is C25H26Cl3N5O2S. The summed E-state index contributed by atoms with van der Waals surface area (Å²) in [6, 6.07) is 9.52. The first-order chi connectivity index (χ1) is 17.1. The number of nitrogens with one attached hydrogen (secondary N) is 2. The summed E-state index contributed by atoms with van der Waals surface area (Å²) in [7, 11) is 0. The molecule has 0 bridgehead atoms. The number of amides is 2. The summed E-state index contributed by atoms with van der Waals surface area (Å²) in [6.45, 7) is 10.0. The Morgan fingerprint density at radius 1 is 1.11 bits per heavy atom. The van der Waals surface area contributed by atoms with Gasteiger partial charge in [-0.25, -0.2) is 0 Å². The van der Waals surface area contributed by atoms with Crippen LogP contribution in [0.4, 0.5) is 5.69 Å². The fourth-order valence-electron chi connectivity index (χ4n) is 3.44. The first-order valence-corrected chi connectivity index (χ1v) is 13.2. The summed E-state index contributed by atoms with van der Waals surface area (Å²) in [4.78, 5) is 25.6. The van der Waals surface area contributed by atoms with Gasteiger partial charge in [0.25, 0.3) is 5.91 Å². The summed E-state index contributed by atoms with van der Waals surface area (Å²) in [5.41, 5.74) is 1.88. The van der Waals surface area contributed by atoms with Crippen LogP contribution in [0.2, 0.25) is 15.1 Å². The molecule has 1 heterocycles. The molecule has 2 N–H and O–H groups in total. The van der Waals surface area contributed by atoms with Crippen molar-refractivity contribution in [2.24, 2.45) is 5.92 Å². The Bertz CT molecular complexity index is 1280. The van der Waals surface area contributed by atoms with Crippen LogP contribution in [0.5, 0.6) is 0 Å². The van der Waals surface area contributed by atoms with E-state index in [4.69, 9.17) is 34.8 Å². The zero-order chi connectivity index (χ0) is 26.4. The van der Waals surface area contributed by atoms with Crippen LogP contribution in [-0.4, -0.2) is 32.3 Å². The number of nitrogens with zero attached hydrogens (tertiary/aromatic N) is 3. The maximum atomic E-state index is 13.0. The second-order valence-electron chi connectivity index (χ2n) is 8.36. The Labute approximate surface area is 229 Å². The molecule has 1 atom stereocenters. The van der Waals surface area contributed by atoms with Gasteiger partial charge in [0.1, 0.15) is 0 Å².